The SMILES string of the molecule is C1CO1.CC(C)(c1ccc(OCCO)cc1)c1ccc(OCCO)cc1. The first-order valence-corrected chi connectivity index (χ1v) is 8.84. The fourth-order valence-electron chi connectivity index (χ4n) is 2.43. The maximum atomic E-state index is 8.79. The fraction of sp³-hybridized carbons (Fsp3) is 0.429. The van der Waals surface area contributed by atoms with Gasteiger partial charge in [0, 0.05) is 5.41 Å². The van der Waals surface area contributed by atoms with Gasteiger partial charge in [0.05, 0.1) is 26.4 Å². The molecule has 0 radical (unpaired) electrons. The van der Waals surface area contributed by atoms with Gasteiger partial charge >= 0.3 is 0 Å². The molecule has 0 aromatic heterocycles. The molecule has 5 heteroatoms. The Kier molecular flexibility index (Phi) is 7.91. The van der Waals surface area contributed by atoms with E-state index in [0.717, 1.165) is 24.7 Å². The minimum absolute atomic E-state index is 0.0119. The van der Waals surface area contributed by atoms with Gasteiger partial charge in [0.1, 0.15) is 24.7 Å². The molecule has 1 aliphatic rings. The second-order valence-corrected chi connectivity index (χ2v) is 6.43. The van der Waals surface area contributed by atoms with E-state index in [1.807, 2.05) is 48.5 Å². The Morgan fingerprint density at radius 1 is 0.769 bits per heavy atom. The van der Waals surface area contributed by atoms with E-state index in [4.69, 9.17) is 19.7 Å². The molecule has 1 aliphatic heterocycles. The Balaban J connectivity index is 0.000000732. The van der Waals surface area contributed by atoms with Crippen LogP contribution in [0.4, 0.5) is 0 Å². The van der Waals surface area contributed by atoms with Crippen molar-refractivity contribution in [2.45, 2.75) is 19.3 Å². The number of rotatable bonds is 8. The minimum Gasteiger partial charge on any atom is -0.491 e. The number of hydrogen-bond donors (Lipinski definition) is 2. The summed E-state index contributed by atoms with van der Waals surface area (Å²) >= 11 is 0. The van der Waals surface area contributed by atoms with Crippen LogP contribution in [-0.2, 0) is 10.2 Å². The monoisotopic (exact) mass is 360 g/mol. The number of hydrogen-bond acceptors (Lipinski definition) is 5. The van der Waals surface area contributed by atoms with Crippen LogP contribution >= 0.6 is 0 Å². The van der Waals surface area contributed by atoms with Crippen LogP contribution in [0.1, 0.15) is 25.0 Å². The molecule has 1 saturated heterocycles. The number of ether oxygens (including phenoxy) is 3. The predicted octanol–water partition coefficient (Wildman–Crippen LogP) is 2.77. The Morgan fingerprint density at radius 3 is 1.38 bits per heavy atom. The van der Waals surface area contributed by atoms with Gasteiger partial charge < -0.3 is 24.4 Å². The molecule has 0 atom stereocenters. The highest BCUT2D eigenvalue weighted by Crippen LogP contribution is 2.33. The van der Waals surface area contributed by atoms with Crippen LogP contribution in [0, 0.1) is 0 Å². The average Bonchev–Trinajstić information content (AvgIpc) is 3.54. The summed E-state index contributed by atoms with van der Waals surface area (Å²) in [6.45, 7) is 6.96. The van der Waals surface area contributed by atoms with Crippen molar-refractivity contribution in [3.63, 3.8) is 0 Å². The normalized spacial score (nSPS) is 12.8. The number of epoxide rings is 1. The summed E-state index contributed by atoms with van der Waals surface area (Å²) in [6, 6.07) is 15.9. The first-order chi connectivity index (χ1) is 12.6. The van der Waals surface area contributed by atoms with Gasteiger partial charge in [-0.1, -0.05) is 38.1 Å². The van der Waals surface area contributed by atoms with E-state index < -0.39 is 0 Å². The highest BCUT2D eigenvalue weighted by Gasteiger charge is 2.23. The van der Waals surface area contributed by atoms with E-state index in [0.29, 0.717) is 13.2 Å². The molecule has 142 valence electrons. The maximum Gasteiger partial charge on any atom is 0.119 e. The third-order valence-corrected chi connectivity index (χ3v) is 4.08. The second kappa shape index (κ2) is 10.2. The molecule has 5 nitrogen and oxygen atoms in total. The van der Waals surface area contributed by atoms with Crippen LogP contribution < -0.4 is 9.47 Å². The lowest BCUT2D eigenvalue weighted by Crippen LogP contribution is -2.18. The van der Waals surface area contributed by atoms with Crippen molar-refractivity contribution in [2.75, 3.05) is 39.6 Å². The standard InChI is InChI=1S/C19H24O4.C2H4O/c1-19(2,15-3-7-17(8-4-15)22-13-11-20)16-5-9-18(10-6-16)23-14-12-21;1-2-3-1/h3-10,20-21H,11-14H2,1-2H3;1-2H2. The predicted molar refractivity (Wildman–Crippen MR) is 101 cm³/mol. The lowest BCUT2D eigenvalue weighted by atomic mass is 9.78. The first kappa shape index (κ1) is 20.2. The topological polar surface area (TPSA) is 71.5 Å². The Hall–Kier alpha value is -2.08. The van der Waals surface area contributed by atoms with Crippen molar-refractivity contribution >= 4 is 0 Å². The number of benzene rings is 2. The average molecular weight is 360 g/mol. The lowest BCUT2D eigenvalue weighted by molar-refractivity contribution is 0.201. The van der Waals surface area contributed by atoms with Crippen molar-refractivity contribution in [3.05, 3.63) is 59.7 Å². The molecule has 2 aromatic carbocycles. The summed E-state index contributed by atoms with van der Waals surface area (Å²) in [5.74, 6) is 1.51. The molecule has 0 saturated carbocycles. The molecule has 2 aromatic rings. The molecule has 26 heavy (non-hydrogen) atoms. The first-order valence-electron chi connectivity index (χ1n) is 8.84. The van der Waals surface area contributed by atoms with Gasteiger partial charge in [-0.3, -0.25) is 0 Å². The molecule has 0 unspecified atom stereocenters. The van der Waals surface area contributed by atoms with Crippen LogP contribution in [0.2, 0.25) is 0 Å². The summed E-state index contributed by atoms with van der Waals surface area (Å²) in [5, 5.41) is 17.6. The third kappa shape index (κ3) is 6.33. The molecule has 1 fully saturated rings. The van der Waals surface area contributed by atoms with E-state index in [1.165, 1.54) is 11.1 Å². The molecule has 0 spiro atoms. The number of aliphatic hydroxyl groups is 2. The molecule has 1 heterocycles. The zero-order valence-electron chi connectivity index (χ0n) is 15.5. The maximum absolute atomic E-state index is 8.79. The van der Waals surface area contributed by atoms with Crippen LogP contribution in [0.15, 0.2) is 48.5 Å². The van der Waals surface area contributed by atoms with Crippen LogP contribution in [0.5, 0.6) is 11.5 Å². The highest BCUT2D eigenvalue weighted by atomic mass is 16.6. The molecule has 0 aliphatic carbocycles. The second-order valence-electron chi connectivity index (χ2n) is 6.43. The van der Waals surface area contributed by atoms with Gasteiger partial charge in [-0.25, -0.2) is 0 Å². The molecule has 3 rings (SSSR count). The Labute approximate surface area is 155 Å². The van der Waals surface area contributed by atoms with Gasteiger partial charge in [0.2, 0.25) is 0 Å². The van der Waals surface area contributed by atoms with Crippen molar-refractivity contribution in [1.82, 2.24) is 0 Å². The summed E-state index contributed by atoms with van der Waals surface area (Å²) in [4.78, 5) is 0. The fourth-order valence-corrected chi connectivity index (χ4v) is 2.43. The zero-order valence-corrected chi connectivity index (χ0v) is 15.5. The molecule has 0 bridgehead atoms. The minimum atomic E-state index is -0.148. The largest absolute Gasteiger partial charge is 0.491 e. The van der Waals surface area contributed by atoms with Crippen molar-refractivity contribution < 1.29 is 24.4 Å². The number of aliphatic hydroxyl groups excluding tert-OH is 2. The van der Waals surface area contributed by atoms with E-state index in [2.05, 4.69) is 18.6 Å². The summed E-state index contributed by atoms with van der Waals surface area (Å²) < 4.78 is 15.3. The van der Waals surface area contributed by atoms with Crippen molar-refractivity contribution in [1.29, 1.82) is 0 Å². The molecule has 0 amide bonds. The summed E-state index contributed by atoms with van der Waals surface area (Å²) in [5.41, 5.74) is 2.21. The summed E-state index contributed by atoms with van der Waals surface area (Å²) in [6.07, 6.45) is 0. The van der Waals surface area contributed by atoms with E-state index in [9.17, 15) is 0 Å². The van der Waals surface area contributed by atoms with Gasteiger partial charge in [-0.2, -0.15) is 0 Å². The quantitative estimate of drug-likeness (QED) is 0.709. The van der Waals surface area contributed by atoms with Gasteiger partial charge in [0.25, 0.3) is 0 Å². The van der Waals surface area contributed by atoms with Gasteiger partial charge in [-0.15, -0.1) is 0 Å². The Morgan fingerprint density at radius 2 is 1.12 bits per heavy atom. The van der Waals surface area contributed by atoms with E-state index >= 15 is 0 Å². The van der Waals surface area contributed by atoms with Crippen LogP contribution in [0.25, 0.3) is 0 Å². The molecule has 2 N–H and O–H groups in total. The third-order valence-electron chi connectivity index (χ3n) is 4.08. The smallest absolute Gasteiger partial charge is 0.119 e. The Bertz CT molecular complexity index is 576. The molecular weight excluding hydrogens is 332 g/mol. The zero-order chi connectivity index (χ0) is 18.8. The van der Waals surface area contributed by atoms with Crippen molar-refractivity contribution in [2.24, 2.45) is 0 Å². The lowest BCUT2D eigenvalue weighted by Gasteiger charge is -2.26. The van der Waals surface area contributed by atoms with E-state index in [-0.39, 0.29) is 18.6 Å². The molecular formula is C21H28O5. The van der Waals surface area contributed by atoms with E-state index in [1.54, 1.807) is 0 Å². The van der Waals surface area contributed by atoms with Gasteiger partial charge in [0.15, 0.2) is 0 Å². The highest BCUT2D eigenvalue weighted by molar-refractivity contribution is 5.41. The van der Waals surface area contributed by atoms with Crippen LogP contribution in [-0.4, -0.2) is 49.9 Å². The van der Waals surface area contributed by atoms with Crippen molar-refractivity contribution in [3.8, 4) is 11.5 Å². The van der Waals surface area contributed by atoms with Gasteiger partial charge in [-0.05, 0) is 35.4 Å². The summed E-state index contributed by atoms with van der Waals surface area (Å²) in [7, 11) is 0. The van der Waals surface area contributed by atoms with Crippen LogP contribution in [0.3, 0.4) is 0 Å².